The fourth-order valence-electron chi connectivity index (χ4n) is 4.15. The van der Waals surface area contributed by atoms with Gasteiger partial charge in [0.25, 0.3) is 5.56 Å². The summed E-state index contributed by atoms with van der Waals surface area (Å²) in [6.45, 7) is 6.65. The second-order valence-electron chi connectivity index (χ2n) is 8.41. The van der Waals surface area contributed by atoms with E-state index >= 15 is 0 Å². The lowest BCUT2D eigenvalue weighted by atomic mass is 10.0. The zero-order valence-corrected chi connectivity index (χ0v) is 17.0. The van der Waals surface area contributed by atoms with E-state index in [9.17, 15) is 4.79 Å². The highest BCUT2D eigenvalue weighted by Gasteiger charge is 2.29. The highest BCUT2D eigenvalue weighted by molar-refractivity contribution is 5.64. The average Bonchev–Trinajstić information content (AvgIpc) is 3.57. The van der Waals surface area contributed by atoms with E-state index in [-0.39, 0.29) is 5.56 Å². The van der Waals surface area contributed by atoms with Crippen molar-refractivity contribution in [1.82, 2.24) is 19.9 Å². The third-order valence-electron chi connectivity index (χ3n) is 6.24. The standard InChI is InChI=1S/C24H26N4O/c1-15-4-3-5-19(16(15)2)21-9-6-17(12-25-21)13-28-11-10-22-20(14-28)24(29)27-23(26-22)18-7-8-18/h3-6,9,12,18H,7-8,10-11,13-14H2,1-2H3,(H,26,27,29). The maximum absolute atomic E-state index is 12.5. The van der Waals surface area contributed by atoms with Gasteiger partial charge in [0, 0.05) is 43.7 Å². The molecule has 1 aromatic carbocycles. The van der Waals surface area contributed by atoms with Crippen molar-refractivity contribution in [2.24, 2.45) is 0 Å². The zero-order chi connectivity index (χ0) is 20.0. The molecule has 1 aliphatic carbocycles. The lowest BCUT2D eigenvalue weighted by Gasteiger charge is -2.27. The van der Waals surface area contributed by atoms with E-state index in [1.165, 1.54) is 22.3 Å². The van der Waals surface area contributed by atoms with Gasteiger partial charge in [-0.3, -0.25) is 14.7 Å². The van der Waals surface area contributed by atoms with Gasteiger partial charge in [-0.1, -0.05) is 24.3 Å². The van der Waals surface area contributed by atoms with Crippen LogP contribution in [-0.2, 0) is 19.5 Å². The monoisotopic (exact) mass is 386 g/mol. The summed E-state index contributed by atoms with van der Waals surface area (Å²) >= 11 is 0. The molecule has 5 nitrogen and oxygen atoms in total. The van der Waals surface area contributed by atoms with Gasteiger partial charge in [0.15, 0.2) is 0 Å². The molecule has 1 fully saturated rings. The Morgan fingerprint density at radius 1 is 1.17 bits per heavy atom. The molecule has 0 unspecified atom stereocenters. The summed E-state index contributed by atoms with van der Waals surface area (Å²) in [7, 11) is 0. The van der Waals surface area contributed by atoms with Gasteiger partial charge < -0.3 is 4.98 Å². The Hall–Kier alpha value is -2.79. The van der Waals surface area contributed by atoms with Crippen molar-refractivity contribution in [2.75, 3.05) is 6.54 Å². The van der Waals surface area contributed by atoms with E-state index in [4.69, 9.17) is 9.97 Å². The van der Waals surface area contributed by atoms with Crippen molar-refractivity contribution < 1.29 is 0 Å². The molecule has 1 aliphatic heterocycles. The maximum Gasteiger partial charge on any atom is 0.255 e. The van der Waals surface area contributed by atoms with Crippen LogP contribution in [0.2, 0.25) is 0 Å². The summed E-state index contributed by atoms with van der Waals surface area (Å²) in [6, 6.07) is 10.6. The van der Waals surface area contributed by atoms with Crippen LogP contribution >= 0.6 is 0 Å². The van der Waals surface area contributed by atoms with E-state index in [0.29, 0.717) is 12.5 Å². The van der Waals surface area contributed by atoms with Gasteiger partial charge in [0.1, 0.15) is 5.82 Å². The Labute approximate surface area is 170 Å². The number of nitrogens with one attached hydrogen (secondary N) is 1. The Kier molecular flexibility index (Phi) is 4.55. The van der Waals surface area contributed by atoms with Gasteiger partial charge in [0.05, 0.1) is 17.0 Å². The van der Waals surface area contributed by atoms with Gasteiger partial charge in [-0.15, -0.1) is 0 Å². The van der Waals surface area contributed by atoms with Crippen molar-refractivity contribution in [3.05, 3.63) is 80.7 Å². The van der Waals surface area contributed by atoms with Crippen LogP contribution in [0.15, 0.2) is 41.3 Å². The van der Waals surface area contributed by atoms with Crippen LogP contribution in [0.1, 0.15) is 52.5 Å². The molecule has 3 aromatic rings. The summed E-state index contributed by atoms with van der Waals surface area (Å²) in [5, 5.41) is 0. The van der Waals surface area contributed by atoms with Crippen molar-refractivity contribution in [3.63, 3.8) is 0 Å². The summed E-state index contributed by atoms with van der Waals surface area (Å²) in [6.07, 6.45) is 5.11. The largest absolute Gasteiger partial charge is 0.310 e. The van der Waals surface area contributed by atoms with Crippen molar-refractivity contribution >= 4 is 0 Å². The number of fused-ring (bicyclic) bond motifs is 1. The summed E-state index contributed by atoms with van der Waals surface area (Å²) in [5.74, 6) is 1.38. The first kappa shape index (κ1) is 18.3. The first-order valence-electron chi connectivity index (χ1n) is 10.4. The molecule has 5 heteroatoms. The number of benzene rings is 1. The first-order valence-corrected chi connectivity index (χ1v) is 10.4. The molecule has 5 rings (SSSR count). The number of aromatic amines is 1. The topological polar surface area (TPSA) is 61.9 Å². The second kappa shape index (κ2) is 7.23. The number of aromatic nitrogens is 3. The third kappa shape index (κ3) is 3.62. The zero-order valence-electron chi connectivity index (χ0n) is 17.0. The fraction of sp³-hybridized carbons (Fsp3) is 0.375. The van der Waals surface area contributed by atoms with Crippen LogP contribution in [0.3, 0.4) is 0 Å². The fourth-order valence-corrected chi connectivity index (χ4v) is 4.15. The lowest BCUT2D eigenvalue weighted by Crippen LogP contribution is -2.35. The summed E-state index contributed by atoms with van der Waals surface area (Å²) in [5.41, 5.74) is 7.80. The Morgan fingerprint density at radius 3 is 2.79 bits per heavy atom. The molecule has 0 amide bonds. The number of rotatable bonds is 4. The molecule has 0 saturated heterocycles. The maximum atomic E-state index is 12.5. The molecule has 0 spiro atoms. The molecular weight excluding hydrogens is 360 g/mol. The number of H-pyrrole nitrogens is 1. The molecular formula is C24H26N4O. The Morgan fingerprint density at radius 2 is 2.03 bits per heavy atom. The van der Waals surface area contributed by atoms with Crippen molar-refractivity contribution in [3.8, 4) is 11.3 Å². The van der Waals surface area contributed by atoms with Crippen LogP contribution in [0.25, 0.3) is 11.3 Å². The predicted molar refractivity (Wildman–Crippen MR) is 114 cm³/mol. The van der Waals surface area contributed by atoms with Crippen molar-refractivity contribution in [1.29, 1.82) is 0 Å². The van der Waals surface area contributed by atoms with Gasteiger partial charge in [-0.2, -0.15) is 0 Å². The first-order chi connectivity index (χ1) is 14.1. The molecule has 0 radical (unpaired) electrons. The minimum absolute atomic E-state index is 0.0463. The van der Waals surface area contributed by atoms with E-state index in [2.05, 4.69) is 54.1 Å². The molecule has 3 heterocycles. The highest BCUT2D eigenvalue weighted by Crippen LogP contribution is 2.37. The quantitative estimate of drug-likeness (QED) is 0.739. The smallest absolute Gasteiger partial charge is 0.255 e. The Balaban J connectivity index is 1.31. The molecule has 2 aromatic heterocycles. The average molecular weight is 386 g/mol. The Bertz CT molecular complexity index is 1110. The number of hydrogen-bond donors (Lipinski definition) is 1. The number of aryl methyl sites for hydroxylation is 1. The van der Waals surface area contributed by atoms with E-state index in [0.717, 1.165) is 55.1 Å². The summed E-state index contributed by atoms with van der Waals surface area (Å²) < 4.78 is 0. The molecule has 2 aliphatic rings. The minimum atomic E-state index is 0.0463. The van der Waals surface area contributed by atoms with Gasteiger partial charge in [-0.25, -0.2) is 4.98 Å². The number of pyridine rings is 1. The SMILES string of the molecule is Cc1cccc(-c2ccc(CN3CCc4nc(C5CC5)[nH]c(=O)c4C3)cn2)c1C. The molecule has 1 saturated carbocycles. The minimum Gasteiger partial charge on any atom is -0.310 e. The van der Waals surface area contributed by atoms with Crippen LogP contribution in [0.4, 0.5) is 0 Å². The third-order valence-corrected chi connectivity index (χ3v) is 6.24. The van der Waals surface area contributed by atoms with Crippen LogP contribution < -0.4 is 5.56 Å². The predicted octanol–water partition coefficient (Wildman–Crippen LogP) is 3.88. The van der Waals surface area contributed by atoms with Crippen LogP contribution in [0.5, 0.6) is 0 Å². The van der Waals surface area contributed by atoms with E-state index in [1.54, 1.807) is 0 Å². The van der Waals surface area contributed by atoms with E-state index in [1.807, 2.05) is 6.20 Å². The molecule has 29 heavy (non-hydrogen) atoms. The van der Waals surface area contributed by atoms with Gasteiger partial charge in [-0.05, 0) is 49.4 Å². The van der Waals surface area contributed by atoms with E-state index < -0.39 is 0 Å². The molecule has 148 valence electrons. The second-order valence-corrected chi connectivity index (χ2v) is 8.41. The molecule has 1 N–H and O–H groups in total. The lowest BCUT2D eigenvalue weighted by molar-refractivity contribution is 0.241. The van der Waals surface area contributed by atoms with Gasteiger partial charge >= 0.3 is 0 Å². The van der Waals surface area contributed by atoms with Crippen molar-refractivity contribution in [2.45, 2.75) is 52.1 Å². The summed E-state index contributed by atoms with van der Waals surface area (Å²) in [4.78, 5) is 27.3. The van der Waals surface area contributed by atoms with Gasteiger partial charge in [0.2, 0.25) is 0 Å². The highest BCUT2D eigenvalue weighted by atomic mass is 16.1. The molecule has 0 bridgehead atoms. The van der Waals surface area contributed by atoms with Crippen LogP contribution in [-0.4, -0.2) is 26.4 Å². The number of hydrogen-bond acceptors (Lipinski definition) is 4. The number of nitrogens with zero attached hydrogens (tertiary/aromatic N) is 3. The molecule has 0 atom stereocenters. The normalized spacial score (nSPS) is 16.6. The van der Waals surface area contributed by atoms with Crippen LogP contribution in [0, 0.1) is 13.8 Å².